The highest BCUT2D eigenvalue weighted by atomic mass is 32.2. The lowest BCUT2D eigenvalue weighted by Gasteiger charge is -2.40. The first-order valence-electron chi connectivity index (χ1n) is 6.07. The van der Waals surface area contributed by atoms with Crippen molar-refractivity contribution in [3.05, 3.63) is 0 Å². The highest BCUT2D eigenvalue weighted by Crippen LogP contribution is 2.42. The lowest BCUT2D eigenvalue weighted by atomic mass is 9.84. The molecule has 0 saturated heterocycles. The van der Waals surface area contributed by atoms with E-state index < -0.39 is 0 Å². The van der Waals surface area contributed by atoms with Crippen LogP contribution in [0, 0.1) is 5.92 Å². The third-order valence-electron chi connectivity index (χ3n) is 3.34. The third-order valence-corrected chi connectivity index (χ3v) is 4.76. The summed E-state index contributed by atoms with van der Waals surface area (Å²) in [5.41, 5.74) is 5.83. The van der Waals surface area contributed by atoms with Crippen molar-refractivity contribution in [1.82, 2.24) is 5.32 Å². The van der Waals surface area contributed by atoms with Gasteiger partial charge in [0.05, 0.1) is 6.04 Å². The zero-order valence-electron chi connectivity index (χ0n) is 10.6. The molecule has 0 aromatic heterocycles. The summed E-state index contributed by atoms with van der Waals surface area (Å²) in [6.45, 7) is 4.95. The van der Waals surface area contributed by atoms with E-state index in [1.54, 1.807) is 0 Å². The molecule has 3 nitrogen and oxygen atoms in total. The Morgan fingerprint density at radius 3 is 2.50 bits per heavy atom. The van der Waals surface area contributed by atoms with Gasteiger partial charge in [0.2, 0.25) is 5.91 Å². The molecule has 1 atom stereocenters. The molecule has 0 radical (unpaired) electrons. The maximum atomic E-state index is 11.7. The maximum Gasteiger partial charge on any atom is 0.236 e. The molecule has 1 aliphatic carbocycles. The summed E-state index contributed by atoms with van der Waals surface area (Å²) in [6.07, 6.45) is 6.61. The van der Waals surface area contributed by atoms with E-state index >= 15 is 0 Å². The number of nitrogens with two attached hydrogens (primary N) is 1. The van der Waals surface area contributed by atoms with Crippen molar-refractivity contribution in [1.29, 1.82) is 0 Å². The smallest absolute Gasteiger partial charge is 0.236 e. The molecule has 94 valence electrons. The predicted octanol–water partition coefficient (Wildman–Crippen LogP) is 1.76. The number of hydrogen-bond donors (Lipinski definition) is 2. The molecule has 0 aromatic rings. The van der Waals surface area contributed by atoms with Crippen molar-refractivity contribution in [2.45, 2.75) is 50.3 Å². The molecule has 16 heavy (non-hydrogen) atoms. The Bertz CT molecular complexity index is 234. The second-order valence-corrected chi connectivity index (χ2v) is 6.47. The Hall–Kier alpha value is -0.220. The van der Waals surface area contributed by atoms with Gasteiger partial charge in [-0.3, -0.25) is 4.79 Å². The minimum Gasteiger partial charge on any atom is -0.353 e. The van der Waals surface area contributed by atoms with Gasteiger partial charge in [-0.15, -0.1) is 0 Å². The minimum atomic E-state index is -0.348. The molecule has 1 rings (SSSR count). The molecule has 0 bridgehead atoms. The summed E-state index contributed by atoms with van der Waals surface area (Å²) in [6, 6.07) is -0.348. The molecule has 3 N–H and O–H groups in total. The lowest BCUT2D eigenvalue weighted by Crippen LogP contribution is -2.49. The fourth-order valence-electron chi connectivity index (χ4n) is 2.02. The highest BCUT2D eigenvalue weighted by molar-refractivity contribution is 8.00. The monoisotopic (exact) mass is 244 g/mol. The lowest BCUT2D eigenvalue weighted by molar-refractivity contribution is -0.122. The highest BCUT2D eigenvalue weighted by Gasteiger charge is 2.36. The molecule has 0 heterocycles. The van der Waals surface area contributed by atoms with Crippen LogP contribution in [0.3, 0.4) is 0 Å². The molecule has 1 aliphatic rings. The quantitative estimate of drug-likeness (QED) is 0.748. The van der Waals surface area contributed by atoms with Gasteiger partial charge in [0, 0.05) is 11.3 Å². The average Bonchev–Trinajstić information content (AvgIpc) is 2.15. The zero-order chi connectivity index (χ0) is 12.2. The van der Waals surface area contributed by atoms with Gasteiger partial charge in [-0.25, -0.2) is 0 Å². The molecular weight excluding hydrogens is 220 g/mol. The van der Waals surface area contributed by atoms with Gasteiger partial charge in [0.1, 0.15) is 0 Å². The van der Waals surface area contributed by atoms with E-state index in [1.165, 1.54) is 19.3 Å². The number of carbonyl (C=O) groups excluding carboxylic acids is 1. The van der Waals surface area contributed by atoms with Crippen molar-refractivity contribution in [3.8, 4) is 0 Å². The van der Waals surface area contributed by atoms with Gasteiger partial charge >= 0.3 is 0 Å². The van der Waals surface area contributed by atoms with E-state index in [0.29, 0.717) is 10.7 Å². The summed E-state index contributed by atoms with van der Waals surface area (Å²) in [5.74, 6) is 0.480. The molecular formula is C12H24N2OS. The van der Waals surface area contributed by atoms with Crippen molar-refractivity contribution in [2.24, 2.45) is 11.7 Å². The number of nitrogens with one attached hydrogen (secondary N) is 1. The largest absolute Gasteiger partial charge is 0.353 e. The Morgan fingerprint density at radius 1 is 1.50 bits per heavy atom. The Morgan fingerprint density at radius 2 is 2.12 bits per heavy atom. The van der Waals surface area contributed by atoms with E-state index in [-0.39, 0.29) is 11.9 Å². The Balaban J connectivity index is 2.28. The van der Waals surface area contributed by atoms with Crippen molar-refractivity contribution in [2.75, 3.05) is 12.8 Å². The van der Waals surface area contributed by atoms with E-state index in [0.717, 1.165) is 13.0 Å². The number of rotatable bonds is 6. The standard InChI is InChI=1S/C12H24N2OS/c1-9(2)7-10(13)11(15)14-8-12(16-3)5-4-6-12/h9-10H,4-8,13H2,1-3H3,(H,14,15)/t10-/m0/s1. The van der Waals surface area contributed by atoms with Gasteiger partial charge in [0.25, 0.3) is 0 Å². The number of hydrogen-bond acceptors (Lipinski definition) is 3. The first kappa shape index (κ1) is 13.8. The minimum absolute atomic E-state index is 0.00836. The van der Waals surface area contributed by atoms with Crippen LogP contribution in [-0.2, 0) is 4.79 Å². The second-order valence-electron chi connectivity index (χ2n) is 5.19. The van der Waals surface area contributed by atoms with Crippen molar-refractivity contribution in [3.63, 3.8) is 0 Å². The van der Waals surface area contributed by atoms with Gasteiger partial charge in [-0.2, -0.15) is 11.8 Å². The van der Waals surface area contributed by atoms with E-state index in [9.17, 15) is 4.79 Å². The van der Waals surface area contributed by atoms with Crippen molar-refractivity contribution >= 4 is 17.7 Å². The maximum absolute atomic E-state index is 11.7. The van der Waals surface area contributed by atoms with Gasteiger partial charge in [0.15, 0.2) is 0 Å². The van der Waals surface area contributed by atoms with Crippen LogP contribution in [0.1, 0.15) is 39.5 Å². The fourth-order valence-corrected chi connectivity index (χ4v) is 2.93. The van der Waals surface area contributed by atoms with Crippen LogP contribution in [0.4, 0.5) is 0 Å². The molecule has 0 aliphatic heterocycles. The van der Waals surface area contributed by atoms with Crippen LogP contribution in [0.2, 0.25) is 0 Å². The second kappa shape index (κ2) is 5.92. The zero-order valence-corrected chi connectivity index (χ0v) is 11.4. The number of carbonyl (C=O) groups is 1. The van der Waals surface area contributed by atoms with Crippen LogP contribution in [0.15, 0.2) is 0 Å². The molecule has 0 unspecified atom stereocenters. The molecule has 0 aromatic carbocycles. The SMILES string of the molecule is CSC1(CNC(=O)[C@@H](N)CC(C)C)CCC1. The average molecular weight is 244 g/mol. The molecule has 0 spiro atoms. The van der Waals surface area contributed by atoms with E-state index in [4.69, 9.17) is 5.73 Å². The van der Waals surface area contributed by atoms with Crippen LogP contribution >= 0.6 is 11.8 Å². The predicted molar refractivity (Wildman–Crippen MR) is 70.5 cm³/mol. The third kappa shape index (κ3) is 3.67. The van der Waals surface area contributed by atoms with Crippen LogP contribution < -0.4 is 11.1 Å². The topological polar surface area (TPSA) is 55.1 Å². The normalized spacial score (nSPS) is 20.3. The Kier molecular flexibility index (Phi) is 5.12. The molecule has 1 fully saturated rings. The van der Waals surface area contributed by atoms with Crippen molar-refractivity contribution < 1.29 is 4.79 Å². The van der Waals surface area contributed by atoms with Crippen LogP contribution in [0.25, 0.3) is 0 Å². The van der Waals surface area contributed by atoms with E-state index in [2.05, 4.69) is 25.4 Å². The first-order chi connectivity index (χ1) is 7.49. The van der Waals surface area contributed by atoms with E-state index in [1.807, 2.05) is 11.8 Å². The van der Waals surface area contributed by atoms with Gasteiger partial charge in [-0.1, -0.05) is 20.3 Å². The summed E-state index contributed by atoms with van der Waals surface area (Å²) in [5, 5.41) is 3.00. The van der Waals surface area contributed by atoms with Crippen LogP contribution in [-0.4, -0.2) is 29.5 Å². The van der Waals surface area contributed by atoms with Gasteiger partial charge < -0.3 is 11.1 Å². The molecule has 4 heteroatoms. The Labute approximate surface area is 103 Å². The fraction of sp³-hybridized carbons (Fsp3) is 0.917. The summed E-state index contributed by atoms with van der Waals surface area (Å²) < 4.78 is 0.299. The first-order valence-corrected chi connectivity index (χ1v) is 7.30. The molecule has 1 amide bonds. The summed E-state index contributed by atoms with van der Waals surface area (Å²) in [4.78, 5) is 11.7. The number of amides is 1. The summed E-state index contributed by atoms with van der Waals surface area (Å²) in [7, 11) is 0. The number of thioether (sulfide) groups is 1. The van der Waals surface area contributed by atoms with Crippen LogP contribution in [0.5, 0.6) is 0 Å². The van der Waals surface area contributed by atoms with Gasteiger partial charge in [-0.05, 0) is 31.4 Å². The molecule has 1 saturated carbocycles. The summed E-state index contributed by atoms with van der Waals surface area (Å²) >= 11 is 1.87.